The zero-order valence-corrected chi connectivity index (χ0v) is 22.2. The van der Waals surface area contributed by atoms with Crippen LogP contribution in [0.25, 0.3) is 0 Å². The Hall–Kier alpha value is -2.02. The summed E-state index contributed by atoms with van der Waals surface area (Å²) in [5, 5.41) is -0.125. The first-order valence-electron chi connectivity index (χ1n) is 11.4. The number of allylic oxidation sites excluding steroid dienone is 3. The van der Waals surface area contributed by atoms with Crippen LogP contribution in [0.1, 0.15) is 74.1 Å². The molecule has 3 atom stereocenters. The first-order chi connectivity index (χ1) is 14.5. The van der Waals surface area contributed by atoms with Crippen molar-refractivity contribution in [3.05, 3.63) is 23.3 Å². The van der Waals surface area contributed by atoms with Crippen LogP contribution in [0.5, 0.6) is 0 Å². The molecule has 0 aromatic rings. The molecule has 0 unspecified atom stereocenters. The number of ether oxygens (including phenoxy) is 1. The van der Waals surface area contributed by atoms with Crippen LogP contribution in [-0.2, 0) is 28.3 Å². The molecule has 0 aromatic carbocycles. The summed E-state index contributed by atoms with van der Waals surface area (Å²) in [4.78, 5) is 48.8. The molecule has 1 saturated carbocycles. The number of carbonyl (C=O) groups is 4. The van der Waals surface area contributed by atoms with E-state index in [1.165, 1.54) is 19.9 Å². The van der Waals surface area contributed by atoms with Gasteiger partial charge in [-0.15, -0.1) is 0 Å². The van der Waals surface area contributed by atoms with Gasteiger partial charge in [0, 0.05) is 24.8 Å². The van der Waals surface area contributed by atoms with Crippen molar-refractivity contribution in [3.63, 3.8) is 0 Å². The Labute approximate surface area is 193 Å². The molecule has 32 heavy (non-hydrogen) atoms. The highest BCUT2D eigenvalue weighted by atomic mass is 28.4. The Bertz CT molecular complexity index is 800. The normalized spacial score (nSPS) is 22.8. The third-order valence-corrected chi connectivity index (χ3v) is 10.9. The summed E-state index contributed by atoms with van der Waals surface area (Å²) in [6.07, 6.45) is 5.03. The maximum Gasteiger partial charge on any atom is 0.320 e. The third-order valence-electron chi connectivity index (χ3n) is 6.62. The van der Waals surface area contributed by atoms with Gasteiger partial charge in [-0.3, -0.25) is 14.4 Å². The van der Waals surface area contributed by atoms with E-state index in [0.29, 0.717) is 6.42 Å². The van der Waals surface area contributed by atoms with E-state index in [9.17, 15) is 19.2 Å². The lowest BCUT2D eigenvalue weighted by Gasteiger charge is -2.38. The fourth-order valence-corrected chi connectivity index (χ4v) is 4.84. The number of ketones is 2. The maximum absolute atomic E-state index is 12.9. The van der Waals surface area contributed by atoms with Crippen molar-refractivity contribution in [2.45, 2.75) is 98.4 Å². The summed E-state index contributed by atoms with van der Waals surface area (Å²) in [5.74, 6) is -1.38. The van der Waals surface area contributed by atoms with E-state index >= 15 is 0 Å². The summed E-state index contributed by atoms with van der Waals surface area (Å²) in [6, 6.07) is 0. The molecule has 0 aliphatic heterocycles. The monoisotopic (exact) mass is 464 g/mol. The molecule has 1 rings (SSSR count). The molecule has 0 radical (unpaired) electrons. The fourth-order valence-electron chi connectivity index (χ4n) is 3.91. The zero-order valence-electron chi connectivity index (χ0n) is 21.2. The molecular weight excluding hydrogens is 424 g/mol. The Balaban J connectivity index is 3.07. The van der Waals surface area contributed by atoms with Gasteiger partial charge in [0.2, 0.25) is 0 Å². The molecule has 0 bridgehead atoms. The second-order valence-electron chi connectivity index (χ2n) is 10.5. The van der Waals surface area contributed by atoms with Crippen molar-refractivity contribution in [1.29, 1.82) is 0 Å². The van der Waals surface area contributed by atoms with Crippen molar-refractivity contribution in [2.24, 2.45) is 11.8 Å². The SMILES string of the molecule is CC(=O)/C=C(\C)[C@@H]1CCC[C@@H](OC(C)=O)[C@H]1CC(=O)/C=C(/C)C(=O)O[Si](C)(C)C(C)(C)C. The van der Waals surface area contributed by atoms with E-state index in [1.54, 1.807) is 13.0 Å². The number of rotatable bonds is 8. The molecule has 6 nitrogen and oxygen atoms in total. The van der Waals surface area contributed by atoms with Crippen LogP contribution in [0.3, 0.4) is 0 Å². The van der Waals surface area contributed by atoms with Gasteiger partial charge in [0.25, 0.3) is 8.32 Å². The lowest BCUT2D eigenvalue weighted by Crippen LogP contribution is -2.42. The summed E-state index contributed by atoms with van der Waals surface area (Å²) < 4.78 is 11.3. The minimum atomic E-state index is -2.29. The molecule has 1 fully saturated rings. The van der Waals surface area contributed by atoms with Gasteiger partial charge in [0.15, 0.2) is 11.6 Å². The van der Waals surface area contributed by atoms with Gasteiger partial charge in [0.1, 0.15) is 6.10 Å². The molecule has 1 aliphatic carbocycles. The standard InChI is InChI=1S/C25H40O6Si/c1-16(13-18(3)26)21-11-10-12-23(30-19(4)27)22(21)15-20(28)14-17(2)24(29)31-32(8,9)25(5,6)7/h13-14,21-23H,10-12,15H2,1-9H3/b16-13+,17-14-/t21-,22-,23+/m0/s1. The fraction of sp³-hybridized carbons (Fsp3) is 0.680. The molecule has 0 N–H and O–H groups in total. The molecule has 0 amide bonds. The molecule has 1 aliphatic rings. The smallest absolute Gasteiger partial charge is 0.320 e. The summed E-state index contributed by atoms with van der Waals surface area (Å²) in [7, 11) is -2.29. The van der Waals surface area contributed by atoms with Crippen LogP contribution < -0.4 is 0 Å². The Morgan fingerprint density at radius 2 is 1.56 bits per heavy atom. The number of esters is 1. The van der Waals surface area contributed by atoms with Gasteiger partial charge < -0.3 is 9.16 Å². The van der Waals surface area contributed by atoms with Crippen molar-refractivity contribution in [3.8, 4) is 0 Å². The summed E-state index contributed by atoms with van der Waals surface area (Å²) >= 11 is 0. The van der Waals surface area contributed by atoms with Crippen molar-refractivity contribution in [1.82, 2.24) is 0 Å². The predicted octanol–water partition coefficient (Wildman–Crippen LogP) is 5.32. The van der Waals surface area contributed by atoms with Crippen LogP contribution in [0, 0.1) is 11.8 Å². The third kappa shape index (κ3) is 8.15. The lowest BCUT2D eigenvalue weighted by molar-refractivity contribution is -0.153. The van der Waals surface area contributed by atoms with Crippen LogP contribution in [0.15, 0.2) is 23.3 Å². The number of hydrogen-bond acceptors (Lipinski definition) is 6. The van der Waals surface area contributed by atoms with E-state index in [4.69, 9.17) is 9.16 Å². The van der Waals surface area contributed by atoms with E-state index in [2.05, 4.69) is 0 Å². The highest BCUT2D eigenvalue weighted by molar-refractivity contribution is 6.75. The van der Waals surface area contributed by atoms with Gasteiger partial charge in [-0.1, -0.05) is 26.3 Å². The highest BCUT2D eigenvalue weighted by Crippen LogP contribution is 2.39. The molecule has 0 aromatic heterocycles. The lowest BCUT2D eigenvalue weighted by atomic mass is 9.71. The highest BCUT2D eigenvalue weighted by Gasteiger charge is 2.41. The molecular formula is C25H40O6Si. The first-order valence-corrected chi connectivity index (χ1v) is 14.3. The van der Waals surface area contributed by atoms with Crippen LogP contribution in [-0.4, -0.2) is 37.9 Å². The largest absolute Gasteiger partial charge is 0.516 e. The van der Waals surface area contributed by atoms with Crippen LogP contribution in [0.2, 0.25) is 18.1 Å². The zero-order chi connectivity index (χ0) is 24.9. The molecule has 180 valence electrons. The quantitative estimate of drug-likeness (QED) is 0.274. The Kier molecular flexibility index (Phi) is 9.81. The average molecular weight is 465 g/mol. The second kappa shape index (κ2) is 11.2. The minimum absolute atomic E-state index is 0.0335. The number of carbonyl (C=O) groups excluding carboxylic acids is 4. The summed E-state index contributed by atoms with van der Waals surface area (Å²) in [5.41, 5.74) is 1.16. The molecule has 0 spiro atoms. The van der Waals surface area contributed by atoms with E-state index in [1.807, 2.05) is 40.8 Å². The summed E-state index contributed by atoms with van der Waals surface area (Å²) in [6.45, 7) is 16.5. The Morgan fingerprint density at radius 3 is 2.06 bits per heavy atom. The molecule has 7 heteroatoms. The van der Waals surface area contributed by atoms with Crippen LogP contribution >= 0.6 is 0 Å². The second-order valence-corrected chi connectivity index (χ2v) is 15.2. The van der Waals surface area contributed by atoms with Gasteiger partial charge in [-0.2, -0.15) is 0 Å². The van der Waals surface area contributed by atoms with E-state index < -0.39 is 20.4 Å². The van der Waals surface area contributed by atoms with E-state index in [0.717, 1.165) is 18.4 Å². The van der Waals surface area contributed by atoms with Gasteiger partial charge >= 0.3 is 11.9 Å². The minimum Gasteiger partial charge on any atom is -0.516 e. The van der Waals surface area contributed by atoms with Crippen LogP contribution in [0.4, 0.5) is 0 Å². The maximum atomic E-state index is 12.9. The molecule has 0 heterocycles. The average Bonchev–Trinajstić information content (AvgIpc) is 2.60. The topological polar surface area (TPSA) is 86.7 Å². The number of hydrogen-bond donors (Lipinski definition) is 0. The van der Waals surface area contributed by atoms with Crippen molar-refractivity contribution in [2.75, 3.05) is 0 Å². The van der Waals surface area contributed by atoms with Crippen molar-refractivity contribution < 1.29 is 28.3 Å². The molecule has 0 saturated heterocycles. The first kappa shape index (κ1) is 28.0. The van der Waals surface area contributed by atoms with E-state index in [-0.39, 0.29) is 46.4 Å². The van der Waals surface area contributed by atoms with Gasteiger partial charge in [-0.05, 0) is 76.2 Å². The van der Waals surface area contributed by atoms with Gasteiger partial charge in [-0.25, -0.2) is 4.79 Å². The van der Waals surface area contributed by atoms with Gasteiger partial charge in [0.05, 0.1) is 0 Å². The van der Waals surface area contributed by atoms with Crippen molar-refractivity contribution >= 4 is 31.8 Å². The Morgan fingerprint density at radius 1 is 0.969 bits per heavy atom. The predicted molar refractivity (Wildman–Crippen MR) is 127 cm³/mol.